The monoisotopic (exact) mass is 342 g/mol. The molecule has 3 rings (SSSR count). The van der Waals surface area contributed by atoms with Gasteiger partial charge in [-0.05, 0) is 30.9 Å². The maximum Gasteiger partial charge on any atom is 0.0983 e. The van der Waals surface area contributed by atoms with E-state index in [2.05, 4.69) is 41.5 Å². The molecule has 1 N–H and O–H groups in total. The topological polar surface area (TPSA) is 52.0 Å². The summed E-state index contributed by atoms with van der Waals surface area (Å²) in [4.78, 5) is 4.22. The number of rotatable bonds is 7. The van der Waals surface area contributed by atoms with Crippen molar-refractivity contribution >= 4 is 0 Å². The second kappa shape index (κ2) is 8.59. The molecule has 2 aromatic heterocycles. The zero-order valence-electron chi connectivity index (χ0n) is 15.6. The SMILES string of the molecule is CCC(CC)C1CC(NCc2cn(C)nc2-c2cccnc2)CCO1. The molecule has 0 saturated carbocycles. The van der Waals surface area contributed by atoms with Gasteiger partial charge >= 0.3 is 0 Å². The highest BCUT2D eigenvalue weighted by Gasteiger charge is 2.27. The van der Waals surface area contributed by atoms with Crippen LogP contribution in [0.3, 0.4) is 0 Å². The largest absolute Gasteiger partial charge is 0.378 e. The lowest BCUT2D eigenvalue weighted by Crippen LogP contribution is -2.41. The number of hydrogen-bond acceptors (Lipinski definition) is 4. The maximum absolute atomic E-state index is 6.04. The van der Waals surface area contributed by atoms with E-state index in [9.17, 15) is 0 Å². The first-order valence-corrected chi connectivity index (χ1v) is 9.49. The van der Waals surface area contributed by atoms with Crippen LogP contribution < -0.4 is 5.32 Å². The zero-order valence-corrected chi connectivity index (χ0v) is 15.6. The van der Waals surface area contributed by atoms with Crippen LogP contribution in [0.1, 0.15) is 45.1 Å². The highest BCUT2D eigenvalue weighted by atomic mass is 16.5. The van der Waals surface area contributed by atoms with Crippen molar-refractivity contribution < 1.29 is 4.74 Å². The minimum absolute atomic E-state index is 0.396. The van der Waals surface area contributed by atoms with Gasteiger partial charge in [-0.1, -0.05) is 26.7 Å². The third-order valence-corrected chi connectivity index (χ3v) is 5.31. The Kier molecular flexibility index (Phi) is 6.21. The van der Waals surface area contributed by atoms with Crippen molar-refractivity contribution in [2.24, 2.45) is 13.0 Å². The Morgan fingerprint density at radius 2 is 2.20 bits per heavy atom. The Bertz CT molecular complexity index is 651. The number of aryl methyl sites for hydroxylation is 1. The lowest BCUT2D eigenvalue weighted by molar-refractivity contribution is -0.0350. The van der Waals surface area contributed by atoms with E-state index in [1.807, 2.05) is 24.0 Å². The van der Waals surface area contributed by atoms with Gasteiger partial charge < -0.3 is 10.1 Å². The fraction of sp³-hybridized carbons (Fsp3) is 0.600. The smallest absolute Gasteiger partial charge is 0.0983 e. The number of aromatic nitrogens is 3. The predicted octanol–water partition coefficient (Wildman–Crippen LogP) is 3.56. The van der Waals surface area contributed by atoms with Gasteiger partial charge in [0.25, 0.3) is 0 Å². The molecule has 2 aromatic rings. The first-order chi connectivity index (χ1) is 12.2. The van der Waals surface area contributed by atoms with E-state index in [0.717, 1.165) is 37.3 Å². The molecule has 0 radical (unpaired) electrons. The molecule has 2 atom stereocenters. The molecule has 1 saturated heterocycles. The van der Waals surface area contributed by atoms with Crippen LogP contribution in [-0.2, 0) is 18.3 Å². The summed E-state index contributed by atoms with van der Waals surface area (Å²) >= 11 is 0. The lowest BCUT2D eigenvalue weighted by Gasteiger charge is -2.34. The molecule has 1 aliphatic heterocycles. The summed E-state index contributed by atoms with van der Waals surface area (Å²) in [6.07, 6.45) is 10.8. The summed E-state index contributed by atoms with van der Waals surface area (Å²) in [6, 6.07) is 4.54. The average Bonchev–Trinajstić information content (AvgIpc) is 3.03. The molecule has 5 nitrogen and oxygen atoms in total. The number of pyridine rings is 1. The molecule has 1 aliphatic rings. The highest BCUT2D eigenvalue weighted by Crippen LogP contribution is 2.26. The Labute approximate surface area is 150 Å². The molecular formula is C20H30N4O. The molecule has 3 heterocycles. The maximum atomic E-state index is 6.04. The molecule has 0 bridgehead atoms. The van der Waals surface area contributed by atoms with Crippen molar-refractivity contribution in [3.63, 3.8) is 0 Å². The van der Waals surface area contributed by atoms with E-state index < -0.39 is 0 Å². The Morgan fingerprint density at radius 1 is 1.36 bits per heavy atom. The van der Waals surface area contributed by atoms with Crippen molar-refractivity contribution in [3.8, 4) is 11.3 Å². The van der Waals surface area contributed by atoms with Crippen LogP contribution >= 0.6 is 0 Å². The Morgan fingerprint density at radius 3 is 2.92 bits per heavy atom. The van der Waals surface area contributed by atoms with Gasteiger partial charge in [-0.25, -0.2) is 0 Å². The Hall–Kier alpha value is -1.72. The molecule has 25 heavy (non-hydrogen) atoms. The standard InChI is InChI=1S/C20H30N4O/c1-4-15(5-2)19-11-18(8-10-25-19)22-13-17-14-24(3)23-20(17)16-7-6-9-21-12-16/h6-7,9,12,14-15,18-19,22H,4-5,8,10-11,13H2,1-3H3. The van der Waals surface area contributed by atoms with Crippen molar-refractivity contribution in [1.29, 1.82) is 0 Å². The van der Waals surface area contributed by atoms with E-state index in [0.29, 0.717) is 18.1 Å². The normalized spacial score (nSPS) is 21.0. The number of nitrogens with zero attached hydrogens (tertiary/aromatic N) is 3. The quantitative estimate of drug-likeness (QED) is 0.836. The second-order valence-electron chi connectivity index (χ2n) is 7.01. The number of ether oxygens (including phenoxy) is 1. The van der Waals surface area contributed by atoms with Crippen molar-refractivity contribution in [3.05, 3.63) is 36.3 Å². The van der Waals surface area contributed by atoms with E-state index >= 15 is 0 Å². The van der Waals surface area contributed by atoms with Crippen molar-refractivity contribution in [2.45, 2.75) is 58.2 Å². The predicted molar refractivity (Wildman–Crippen MR) is 100 cm³/mol. The molecule has 136 valence electrons. The van der Waals surface area contributed by atoms with Crippen molar-refractivity contribution in [1.82, 2.24) is 20.1 Å². The summed E-state index contributed by atoms with van der Waals surface area (Å²) in [5.41, 5.74) is 3.31. The van der Waals surface area contributed by atoms with E-state index in [1.165, 1.54) is 18.4 Å². The molecule has 2 unspecified atom stereocenters. The molecule has 0 aliphatic carbocycles. The van der Waals surface area contributed by atoms with Crippen LogP contribution in [0.25, 0.3) is 11.3 Å². The summed E-state index contributed by atoms with van der Waals surface area (Å²) in [7, 11) is 1.97. The third kappa shape index (κ3) is 4.47. The average molecular weight is 342 g/mol. The zero-order chi connectivity index (χ0) is 17.6. The van der Waals surface area contributed by atoms with Gasteiger partial charge in [-0.15, -0.1) is 0 Å². The van der Waals surface area contributed by atoms with Crippen LogP contribution in [-0.4, -0.2) is 33.5 Å². The van der Waals surface area contributed by atoms with E-state index in [4.69, 9.17) is 4.74 Å². The van der Waals surface area contributed by atoms with E-state index in [-0.39, 0.29) is 0 Å². The Balaban J connectivity index is 1.64. The van der Waals surface area contributed by atoms with Gasteiger partial charge in [0.05, 0.1) is 11.8 Å². The summed E-state index contributed by atoms with van der Waals surface area (Å²) in [6.45, 7) is 6.23. The van der Waals surface area contributed by atoms with Crippen LogP contribution in [0.2, 0.25) is 0 Å². The van der Waals surface area contributed by atoms with Gasteiger partial charge in [0, 0.05) is 56.0 Å². The van der Waals surface area contributed by atoms with Crippen LogP contribution in [0.15, 0.2) is 30.7 Å². The minimum Gasteiger partial charge on any atom is -0.378 e. The van der Waals surface area contributed by atoms with Gasteiger partial charge in [0.2, 0.25) is 0 Å². The van der Waals surface area contributed by atoms with Gasteiger partial charge in [-0.3, -0.25) is 9.67 Å². The fourth-order valence-corrected chi connectivity index (χ4v) is 3.82. The number of nitrogens with one attached hydrogen (secondary N) is 1. The highest BCUT2D eigenvalue weighted by molar-refractivity contribution is 5.61. The molecule has 1 fully saturated rings. The minimum atomic E-state index is 0.396. The molecule has 0 spiro atoms. The van der Waals surface area contributed by atoms with Crippen molar-refractivity contribution in [2.75, 3.05) is 6.61 Å². The third-order valence-electron chi connectivity index (χ3n) is 5.31. The van der Waals surface area contributed by atoms with Crippen LogP contribution in [0.5, 0.6) is 0 Å². The second-order valence-corrected chi connectivity index (χ2v) is 7.01. The fourth-order valence-electron chi connectivity index (χ4n) is 3.82. The lowest BCUT2D eigenvalue weighted by atomic mass is 9.89. The van der Waals surface area contributed by atoms with Crippen LogP contribution in [0, 0.1) is 5.92 Å². The summed E-state index contributed by atoms with van der Waals surface area (Å²) in [5, 5.41) is 8.37. The molecule has 0 amide bonds. The first-order valence-electron chi connectivity index (χ1n) is 9.49. The van der Waals surface area contributed by atoms with Gasteiger partial charge in [0.1, 0.15) is 0 Å². The van der Waals surface area contributed by atoms with Crippen LogP contribution in [0.4, 0.5) is 0 Å². The molecule has 5 heteroatoms. The molecule has 0 aromatic carbocycles. The molecular weight excluding hydrogens is 312 g/mol. The van der Waals surface area contributed by atoms with Gasteiger partial charge in [-0.2, -0.15) is 5.10 Å². The number of hydrogen-bond donors (Lipinski definition) is 1. The summed E-state index contributed by atoms with van der Waals surface area (Å²) < 4.78 is 7.92. The summed E-state index contributed by atoms with van der Waals surface area (Å²) in [5.74, 6) is 0.675. The van der Waals surface area contributed by atoms with E-state index in [1.54, 1.807) is 6.20 Å². The first kappa shape index (κ1) is 18.1. The van der Waals surface area contributed by atoms with Gasteiger partial charge in [0.15, 0.2) is 0 Å².